The number of nitrogens with two attached hydrogens (primary N) is 1. The fourth-order valence-electron chi connectivity index (χ4n) is 2.29. The number of nitrogens with zero attached hydrogens (tertiary/aromatic N) is 2. The molecule has 0 unspecified atom stereocenters. The van der Waals surface area contributed by atoms with Crippen molar-refractivity contribution < 1.29 is 4.79 Å². The van der Waals surface area contributed by atoms with Gasteiger partial charge in [0.1, 0.15) is 5.82 Å². The van der Waals surface area contributed by atoms with Crippen molar-refractivity contribution in [1.82, 2.24) is 9.78 Å². The van der Waals surface area contributed by atoms with Gasteiger partial charge in [-0.25, -0.2) is 4.68 Å². The first-order chi connectivity index (χ1) is 10.6. The van der Waals surface area contributed by atoms with Crippen LogP contribution in [0, 0.1) is 6.92 Å². The molecule has 0 fully saturated rings. The van der Waals surface area contributed by atoms with Gasteiger partial charge in [-0.3, -0.25) is 4.79 Å². The van der Waals surface area contributed by atoms with Crippen molar-refractivity contribution in [3.8, 4) is 5.69 Å². The van der Waals surface area contributed by atoms with E-state index in [0.29, 0.717) is 22.0 Å². The Morgan fingerprint density at radius 2 is 1.77 bits per heavy atom. The van der Waals surface area contributed by atoms with Crippen LogP contribution in [0.15, 0.2) is 54.7 Å². The van der Waals surface area contributed by atoms with Gasteiger partial charge >= 0.3 is 0 Å². The molecule has 0 saturated carbocycles. The maximum Gasteiger partial charge on any atom is 0.198 e. The molecule has 0 saturated heterocycles. The molecule has 0 atom stereocenters. The third-order valence-electron chi connectivity index (χ3n) is 3.51. The van der Waals surface area contributed by atoms with E-state index in [1.165, 1.54) is 10.9 Å². The molecule has 22 heavy (non-hydrogen) atoms. The highest BCUT2D eigenvalue weighted by Gasteiger charge is 2.18. The van der Waals surface area contributed by atoms with Crippen molar-refractivity contribution in [2.75, 3.05) is 5.73 Å². The van der Waals surface area contributed by atoms with Crippen LogP contribution in [0.2, 0.25) is 5.02 Å². The van der Waals surface area contributed by atoms with Crippen molar-refractivity contribution in [2.24, 2.45) is 0 Å². The SMILES string of the molecule is Cc1ccccc1C(=O)c1cnn(-c2ccc(Cl)cc2)c1N. The number of nitrogen functional groups attached to an aromatic ring is 1. The summed E-state index contributed by atoms with van der Waals surface area (Å²) in [4.78, 5) is 12.6. The van der Waals surface area contributed by atoms with Crippen LogP contribution < -0.4 is 5.73 Å². The van der Waals surface area contributed by atoms with Crippen LogP contribution in [0.5, 0.6) is 0 Å². The first-order valence-corrected chi connectivity index (χ1v) is 7.15. The largest absolute Gasteiger partial charge is 0.383 e. The van der Waals surface area contributed by atoms with E-state index in [4.69, 9.17) is 17.3 Å². The van der Waals surface area contributed by atoms with Crippen molar-refractivity contribution in [2.45, 2.75) is 6.92 Å². The highest BCUT2D eigenvalue weighted by molar-refractivity contribution is 6.30. The molecule has 110 valence electrons. The molecular formula is C17H14ClN3O. The Balaban J connectivity index is 2.02. The molecule has 4 nitrogen and oxygen atoms in total. The summed E-state index contributed by atoms with van der Waals surface area (Å²) >= 11 is 5.88. The zero-order valence-electron chi connectivity index (χ0n) is 12.0. The van der Waals surface area contributed by atoms with Crippen molar-refractivity contribution >= 4 is 23.2 Å². The molecule has 0 spiro atoms. The number of benzene rings is 2. The van der Waals surface area contributed by atoms with E-state index in [9.17, 15) is 4.79 Å². The lowest BCUT2D eigenvalue weighted by atomic mass is 10.0. The van der Waals surface area contributed by atoms with Gasteiger partial charge in [0.25, 0.3) is 0 Å². The normalized spacial score (nSPS) is 10.6. The standard InChI is InChI=1S/C17H14ClN3O/c1-11-4-2-3-5-14(11)16(22)15-10-20-21(17(15)19)13-8-6-12(18)7-9-13/h2-10H,19H2,1H3. The molecule has 0 aliphatic heterocycles. The molecule has 5 heteroatoms. The van der Waals surface area contributed by atoms with Gasteiger partial charge in [0, 0.05) is 10.6 Å². The van der Waals surface area contributed by atoms with Gasteiger partial charge in [-0.15, -0.1) is 0 Å². The molecule has 1 aromatic heterocycles. The average Bonchev–Trinajstić information content (AvgIpc) is 2.90. The number of carbonyl (C=O) groups excluding carboxylic acids is 1. The quantitative estimate of drug-likeness (QED) is 0.751. The lowest BCUT2D eigenvalue weighted by molar-refractivity contribution is 0.103. The Hall–Kier alpha value is -2.59. The fourth-order valence-corrected chi connectivity index (χ4v) is 2.42. The lowest BCUT2D eigenvalue weighted by Gasteiger charge is -2.06. The number of rotatable bonds is 3. The number of carbonyl (C=O) groups is 1. The van der Waals surface area contributed by atoms with Crippen molar-refractivity contribution in [1.29, 1.82) is 0 Å². The molecule has 2 aromatic carbocycles. The number of hydrogen-bond acceptors (Lipinski definition) is 3. The number of aryl methyl sites for hydroxylation is 1. The number of hydrogen-bond donors (Lipinski definition) is 1. The first-order valence-electron chi connectivity index (χ1n) is 6.77. The number of aromatic nitrogens is 2. The summed E-state index contributed by atoms with van der Waals surface area (Å²) < 4.78 is 1.53. The monoisotopic (exact) mass is 311 g/mol. The Bertz CT molecular complexity index is 837. The van der Waals surface area contributed by atoms with Crippen LogP contribution in [-0.2, 0) is 0 Å². The minimum Gasteiger partial charge on any atom is -0.383 e. The van der Waals surface area contributed by atoms with E-state index in [1.54, 1.807) is 30.3 Å². The second-order valence-corrected chi connectivity index (χ2v) is 5.41. The summed E-state index contributed by atoms with van der Waals surface area (Å²) in [7, 11) is 0. The molecule has 3 rings (SSSR count). The molecule has 0 radical (unpaired) electrons. The van der Waals surface area contributed by atoms with Crippen molar-refractivity contribution in [3.63, 3.8) is 0 Å². The Morgan fingerprint density at radius 1 is 1.09 bits per heavy atom. The van der Waals surface area contributed by atoms with Crippen LogP contribution in [0.25, 0.3) is 5.69 Å². The summed E-state index contributed by atoms with van der Waals surface area (Å²) in [5.41, 5.74) is 8.79. The molecule has 0 aliphatic carbocycles. The van der Waals surface area contributed by atoms with E-state index >= 15 is 0 Å². The predicted octanol–water partition coefficient (Wildman–Crippen LogP) is 3.65. The fraction of sp³-hybridized carbons (Fsp3) is 0.0588. The highest BCUT2D eigenvalue weighted by Crippen LogP contribution is 2.22. The molecule has 0 amide bonds. The van der Waals surface area contributed by atoms with Gasteiger partial charge in [0.05, 0.1) is 17.4 Å². The van der Waals surface area contributed by atoms with Gasteiger partial charge in [0.2, 0.25) is 0 Å². The third kappa shape index (κ3) is 2.49. The number of ketones is 1. The zero-order chi connectivity index (χ0) is 15.7. The molecular weight excluding hydrogens is 298 g/mol. The average molecular weight is 312 g/mol. The Labute approximate surface area is 133 Å². The number of halogens is 1. The first kappa shape index (κ1) is 14.4. The third-order valence-corrected chi connectivity index (χ3v) is 3.76. The second-order valence-electron chi connectivity index (χ2n) is 4.98. The molecule has 3 aromatic rings. The van der Waals surface area contributed by atoms with Gasteiger partial charge in [-0.2, -0.15) is 5.10 Å². The maximum atomic E-state index is 12.6. The van der Waals surface area contributed by atoms with Gasteiger partial charge < -0.3 is 5.73 Å². The summed E-state index contributed by atoms with van der Waals surface area (Å²) in [6.45, 7) is 1.90. The molecule has 0 aliphatic rings. The van der Waals surface area contributed by atoms with E-state index < -0.39 is 0 Å². The predicted molar refractivity (Wildman–Crippen MR) is 87.6 cm³/mol. The Morgan fingerprint density at radius 3 is 2.45 bits per heavy atom. The van der Waals surface area contributed by atoms with E-state index in [0.717, 1.165) is 11.3 Å². The van der Waals surface area contributed by atoms with Gasteiger partial charge in [0.15, 0.2) is 5.78 Å². The molecule has 0 bridgehead atoms. The van der Waals surface area contributed by atoms with E-state index in [-0.39, 0.29) is 5.78 Å². The van der Waals surface area contributed by atoms with Gasteiger partial charge in [-0.1, -0.05) is 35.9 Å². The highest BCUT2D eigenvalue weighted by atomic mass is 35.5. The van der Waals surface area contributed by atoms with Crippen LogP contribution in [-0.4, -0.2) is 15.6 Å². The summed E-state index contributed by atoms with van der Waals surface area (Å²) in [6.07, 6.45) is 1.50. The second kappa shape index (κ2) is 5.66. The van der Waals surface area contributed by atoms with Gasteiger partial charge in [-0.05, 0) is 36.8 Å². The topological polar surface area (TPSA) is 60.9 Å². The summed E-state index contributed by atoms with van der Waals surface area (Å²) in [5.74, 6) is 0.186. The minimum absolute atomic E-state index is 0.129. The smallest absolute Gasteiger partial charge is 0.198 e. The van der Waals surface area contributed by atoms with E-state index in [2.05, 4.69) is 5.10 Å². The summed E-state index contributed by atoms with van der Waals surface area (Å²) in [6, 6.07) is 14.5. The molecule has 2 N–H and O–H groups in total. The van der Waals surface area contributed by atoms with E-state index in [1.807, 2.05) is 25.1 Å². The van der Waals surface area contributed by atoms with Crippen LogP contribution in [0.1, 0.15) is 21.5 Å². The minimum atomic E-state index is -0.129. The molecule has 1 heterocycles. The maximum absolute atomic E-state index is 12.6. The van der Waals surface area contributed by atoms with Crippen molar-refractivity contribution in [3.05, 3.63) is 76.4 Å². The number of anilines is 1. The van der Waals surface area contributed by atoms with Crippen LogP contribution in [0.4, 0.5) is 5.82 Å². The van der Waals surface area contributed by atoms with Crippen LogP contribution >= 0.6 is 11.6 Å². The summed E-state index contributed by atoms with van der Waals surface area (Å²) in [5, 5.41) is 4.85. The zero-order valence-corrected chi connectivity index (χ0v) is 12.7. The Kier molecular flexibility index (Phi) is 3.69. The van der Waals surface area contributed by atoms with Crippen LogP contribution in [0.3, 0.4) is 0 Å². The lowest BCUT2D eigenvalue weighted by Crippen LogP contribution is -2.08.